The number of nitrogens with one attached hydrogen (secondary N) is 1. The van der Waals surface area contributed by atoms with Crippen LogP contribution in [0.3, 0.4) is 0 Å². The van der Waals surface area contributed by atoms with Crippen LogP contribution in [0.4, 0.5) is 5.69 Å². The topological polar surface area (TPSA) is 74.7 Å². The number of carbonyl (C=O) groups excluding carboxylic acids is 1. The predicted molar refractivity (Wildman–Crippen MR) is 91.5 cm³/mol. The van der Waals surface area contributed by atoms with Gasteiger partial charge in [-0.15, -0.1) is 0 Å². The molecule has 1 aliphatic rings. The van der Waals surface area contributed by atoms with Gasteiger partial charge >= 0.3 is 0 Å². The highest BCUT2D eigenvalue weighted by Crippen LogP contribution is 2.29. The molecule has 2 N–H and O–H groups in total. The fraction of sp³-hybridized carbons (Fsp3) is 0.250. The van der Waals surface area contributed by atoms with Gasteiger partial charge in [0.2, 0.25) is 0 Å². The Labute approximate surface area is 141 Å². The van der Waals surface area contributed by atoms with Gasteiger partial charge in [0.25, 0.3) is 5.91 Å². The van der Waals surface area contributed by atoms with Crippen LogP contribution < -0.4 is 15.1 Å². The summed E-state index contributed by atoms with van der Waals surface area (Å²) < 4.78 is 5.82. The Balaban J connectivity index is 0.00000192. The average Bonchev–Trinajstić information content (AvgIpc) is 2.74. The van der Waals surface area contributed by atoms with Crippen LogP contribution in [-0.4, -0.2) is 28.7 Å². The largest absolute Gasteiger partial charge is 0.491 e. The first-order chi connectivity index (χ1) is 10.7. The summed E-state index contributed by atoms with van der Waals surface area (Å²) >= 11 is 0. The number of hydrogen-bond acceptors (Lipinski definition) is 5. The van der Waals surface area contributed by atoms with Gasteiger partial charge in [-0.25, -0.2) is 5.48 Å². The number of aromatic nitrogens is 1. The van der Waals surface area contributed by atoms with Gasteiger partial charge in [0, 0.05) is 23.9 Å². The minimum absolute atomic E-state index is 0. The molecular formula is C16H19N3O3S. The van der Waals surface area contributed by atoms with Crippen LogP contribution in [-0.2, 0) is 6.54 Å². The fourth-order valence-electron chi connectivity index (χ4n) is 2.53. The zero-order valence-electron chi connectivity index (χ0n) is 12.7. The highest BCUT2D eigenvalue weighted by molar-refractivity contribution is 7.59. The molecule has 1 aromatic carbocycles. The van der Waals surface area contributed by atoms with Gasteiger partial charge < -0.3 is 9.64 Å². The van der Waals surface area contributed by atoms with Gasteiger partial charge in [0.1, 0.15) is 12.4 Å². The lowest BCUT2D eigenvalue weighted by atomic mass is 10.1. The van der Waals surface area contributed by atoms with Crippen LogP contribution >= 0.6 is 13.5 Å². The van der Waals surface area contributed by atoms with Gasteiger partial charge in [-0.3, -0.25) is 15.0 Å². The second-order valence-corrected chi connectivity index (χ2v) is 5.26. The molecule has 0 aliphatic carbocycles. The maximum absolute atomic E-state index is 11.5. The molecule has 0 fully saturated rings. The van der Waals surface area contributed by atoms with Crippen molar-refractivity contribution in [1.29, 1.82) is 0 Å². The molecule has 23 heavy (non-hydrogen) atoms. The Kier molecular flexibility index (Phi) is 5.46. The molecule has 2 heterocycles. The maximum atomic E-state index is 11.5. The number of ether oxygens (including phenoxy) is 1. The van der Waals surface area contributed by atoms with Crippen molar-refractivity contribution >= 4 is 25.1 Å². The first-order valence-electron chi connectivity index (χ1n) is 7.06. The molecule has 122 valence electrons. The zero-order valence-corrected chi connectivity index (χ0v) is 13.7. The number of fused-ring (bicyclic) bond motifs is 1. The van der Waals surface area contributed by atoms with E-state index in [1.165, 1.54) is 0 Å². The normalized spacial score (nSPS) is 16.4. The van der Waals surface area contributed by atoms with Crippen LogP contribution in [0.2, 0.25) is 0 Å². The molecule has 0 unspecified atom stereocenters. The number of carbonyl (C=O) groups is 1. The van der Waals surface area contributed by atoms with Gasteiger partial charge in [-0.05, 0) is 31.2 Å². The van der Waals surface area contributed by atoms with E-state index in [-0.39, 0.29) is 19.5 Å². The van der Waals surface area contributed by atoms with Crippen LogP contribution in [0.1, 0.15) is 22.8 Å². The molecule has 1 atom stereocenters. The number of hydrogen-bond donors (Lipinski definition) is 2. The SMILES string of the molecule is C[C@H]1COc2cc(C(=O)NO)ccc2CN1c1cccnc1.S. The number of hydroxylamine groups is 1. The standard InChI is InChI=1S/C16H17N3O3.H2S/c1-11-10-22-15-7-12(16(20)18-21)4-5-13(15)9-19(11)14-3-2-6-17-8-14;/h2-8,11,21H,9-10H2,1H3,(H,18,20);1H2/t11-;/m0./s1. The molecular weight excluding hydrogens is 314 g/mol. The Morgan fingerprint density at radius 3 is 2.96 bits per heavy atom. The summed E-state index contributed by atoms with van der Waals surface area (Å²) in [5, 5.41) is 8.73. The third-order valence-electron chi connectivity index (χ3n) is 3.76. The number of nitrogens with zero attached hydrogens (tertiary/aromatic N) is 2. The fourth-order valence-corrected chi connectivity index (χ4v) is 2.53. The number of anilines is 1. The van der Waals surface area contributed by atoms with E-state index in [0.717, 1.165) is 11.3 Å². The number of pyridine rings is 1. The number of benzene rings is 1. The average molecular weight is 333 g/mol. The van der Waals surface area contributed by atoms with Gasteiger partial charge in [0.15, 0.2) is 0 Å². The molecule has 1 aliphatic heterocycles. The van der Waals surface area contributed by atoms with Crippen LogP contribution in [0.5, 0.6) is 5.75 Å². The van der Waals surface area contributed by atoms with Crippen molar-refractivity contribution in [3.05, 3.63) is 53.9 Å². The lowest BCUT2D eigenvalue weighted by Crippen LogP contribution is -2.34. The summed E-state index contributed by atoms with van der Waals surface area (Å²) in [6.45, 7) is 3.26. The van der Waals surface area contributed by atoms with Crippen molar-refractivity contribution in [2.24, 2.45) is 0 Å². The predicted octanol–water partition coefficient (Wildman–Crippen LogP) is 2.10. The highest BCUT2D eigenvalue weighted by Gasteiger charge is 2.22. The quantitative estimate of drug-likeness (QED) is 0.650. The summed E-state index contributed by atoms with van der Waals surface area (Å²) in [5.74, 6) is 0.118. The molecule has 0 spiro atoms. The van der Waals surface area contributed by atoms with Crippen LogP contribution in [0.15, 0.2) is 42.7 Å². The molecule has 0 radical (unpaired) electrons. The van der Waals surface area contributed by atoms with E-state index in [2.05, 4.69) is 16.8 Å². The number of rotatable bonds is 2. The Morgan fingerprint density at radius 1 is 1.43 bits per heavy atom. The lowest BCUT2D eigenvalue weighted by Gasteiger charge is -2.28. The Morgan fingerprint density at radius 2 is 2.26 bits per heavy atom. The van der Waals surface area contributed by atoms with E-state index < -0.39 is 5.91 Å². The molecule has 3 rings (SSSR count). The summed E-state index contributed by atoms with van der Waals surface area (Å²) in [6.07, 6.45) is 3.57. The first-order valence-corrected chi connectivity index (χ1v) is 7.06. The van der Waals surface area contributed by atoms with Crippen LogP contribution in [0, 0.1) is 0 Å². The molecule has 1 amide bonds. The third kappa shape index (κ3) is 3.57. The molecule has 1 aromatic heterocycles. The van der Waals surface area contributed by atoms with E-state index in [1.807, 2.05) is 24.4 Å². The summed E-state index contributed by atoms with van der Waals surface area (Å²) in [5.41, 5.74) is 4.02. The van der Waals surface area contributed by atoms with E-state index in [0.29, 0.717) is 24.5 Å². The molecule has 0 bridgehead atoms. The number of amides is 1. The molecule has 0 saturated carbocycles. The highest BCUT2D eigenvalue weighted by atomic mass is 32.1. The van der Waals surface area contributed by atoms with E-state index in [9.17, 15) is 4.79 Å². The van der Waals surface area contributed by atoms with Gasteiger partial charge in [-0.2, -0.15) is 13.5 Å². The van der Waals surface area contributed by atoms with Gasteiger partial charge in [0.05, 0.1) is 17.9 Å². The van der Waals surface area contributed by atoms with Crippen molar-refractivity contribution in [1.82, 2.24) is 10.5 Å². The first kappa shape index (κ1) is 17.1. The Hall–Kier alpha value is -2.25. The molecule has 6 nitrogen and oxygen atoms in total. The van der Waals surface area contributed by atoms with Gasteiger partial charge in [-0.1, -0.05) is 6.07 Å². The lowest BCUT2D eigenvalue weighted by molar-refractivity contribution is 0.0706. The van der Waals surface area contributed by atoms with Crippen molar-refractivity contribution in [2.75, 3.05) is 11.5 Å². The molecule has 0 saturated heterocycles. The van der Waals surface area contributed by atoms with Crippen molar-refractivity contribution in [3.63, 3.8) is 0 Å². The van der Waals surface area contributed by atoms with Crippen molar-refractivity contribution in [2.45, 2.75) is 19.5 Å². The molecule has 7 heteroatoms. The smallest absolute Gasteiger partial charge is 0.274 e. The van der Waals surface area contributed by atoms with E-state index in [1.54, 1.807) is 23.8 Å². The summed E-state index contributed by atoms with van der Waals surface area (Å²) in [7, 11) is 0. The second-order valence-electron chi connectivity index (χ2n) is 5.26. The van der Waals surface area contributed by atoms with Crippen molar-refractivity contribution < 1.29 is 14.7 Å². The van der Waals surface area contributed by atoms with E-state index >= 15 is 0 Å². The maximum Gasteiger partial charge on any atom is 0.274 e. The van der Waals surface area contributed by atoms with E-state index in [4.69, 9.17) is 9.94 Å². The van der Waals surface area contributed by atoms with Crippen LogP contribution in [0.25, 0.3) is 0 Å². The minimum Gasteiger partial charge on any atom is -0.491 e. The monoisotopic (exact) mass is 333 g/mol. The Bertz CT molecular complexity index is 682. The third-order valence-corrected chi connectivity index (χ3v) is 3.76. The minimum atomic E-state index is -0.548. The molecule has 2 aromatic rings. The zero-order chi connectivity index (χ0) is 15.5. The summed E-state index contributed by atoms with van der Waals surface area (Å²) in [6, 6.07) is 9.27. The second kappa shape index (κ2) is 7.34. The van der Waals surface area contributed by atoms with Crippen molar-refractivity contribution in [3.8, 4) is 5.75 Å². The summed E-state index contributed by atoms with van der Waals surface area (Å²) in [4.78, 5) is 17.9.